The predicted molar refractivity (Wildman–Crippen MR) is 119 cm³/mol. The molecule has 0 aliphatic carbocycles. The lowest BCUT2D eigenvalue weighted by Crippen LogP contribution is -2.29. The Kier molecular flexibility index (Phi) is 7.94. The number of nitrogens with zero attached hydrogens (tertiary/aromatic N) is 2. The molecule has 1 amide bonds. The van der Waals surface area contributed by atoms with Crippen LogP contribution in [0, 0.1) is 0 Å². The number of amides is 1. The van der Waals surface area contributed by atoms with Gasteiger partial charge in [-0.3, -0.25) is 4.79 Å². The first-order valence-corrected chi connectivity index (χ1v) is 10.3. The van der Waals surface area contributed by atoms with Crippen molar-refractivity contribution in [2.75, 3.05) is 43.6 Å². The number of hydrogen-bond acceptors (Lipinski definition) is 6. The molecule has 2 aromatic carbocycles. The molecule has 1 aliphatic heterocycles. The van der Waals surface area contributed by atoms with E-state index in [1.807, 2.05) is 43.3 Å². The van der Waals surface area contributed by atoms with Gasteiger partial charge >= 0.3 is 0 Å². The van der Waals surface area contributed by atoms with Crippen molar-refractivity contribution in [3.05, 3.63) is 48.0 Å². The average molecular weight is 412 g/mol. The van der Waals surface area contributed by atoms with Crippen LogP contribution in [0.5, 0.6) is 11.5 Å². The molecule has 1 saturated heterocycles. The van der Waals surface area contributed by atoms with Gasteiger partial charge in [-0.15, -0.1) is 0 Å². The van der Waals surface area contributed by atoms with Crippen molar-refractivity contribution >= 4 is 23.5 Å². The lowest BCUT2D eigenvalue weighted by molar-refractivity contribution is -0.120. The fourth-order valence-corrected chi connectivity index (χ4v) is 3.34. The molecule has 0 atom stereocenters. The zero-order valence-electron chi connectivity index (χ0n) is 17.6. The third-order valence-electron chi connectivity index (χ3n) is 4.83. The number of anilines is 2. The van der Waals surface area contributed by atoms with Gasteiger partial charge in [-0.05, 0) is 68.7 Å². The van der Waals surface area contributed by atoms with Crippen molar-refractivity contribution in [3.63, 3.8) is 0 Å². The van der Waals surface area contributed by atoms with E-state index in [1.54, 1.807) is 13.2 Å². The SMILES string of the molecule is CCOc1ccc(/C=N\OCC(=O)Nc2ccc(N3CCCCC3)cc2)cc1OC. The standard InChI is InChI=1S/C23H29N3O4/c1-3-29-21-12-7-18(15-22(21)28-2)16-24-30-17-23(27)25-19-8-10-20(11-9-19)26-13-5-4-6-14-26/h7-12,15-16H,3-6,13-14,17H2,1-2H3,(H,25,27)/b24-16-. The van der Waals surface area contributed by atoms with Gasteiger partial charge in [-0.2, -0.15) is 0 Å². The summed E-state index contributed by atoms with van der Waals surface area (Å²) in [6.07, 6.45) is 5.30. The van der Waals surface area contributed by atoms with E-state index in [4.69, 9.17) is 14.3 Å². The molecule has 2 aromatic rings. The van der Waals surface area contributed by atoms with E-state index >= 15 is 0 Å². The first-order chi connectivity index (χ1) is 14.7. The summed E-state index contributed by atoms with van der Waals surface area (Å²) >= 11 is 0. The molecule has 1 fully saturated rings. The van der Waals surface area contributed by atoms with Gasteiger partial charge in [0.25, 0.3) is 5.91 Å². The minimum Gasteiger partial charge on any atom is -0.493 e. The fraction of sp³-hybridized carbons (Fsp3) is 0.391. The van der Waals surface area contributed by atoms with Crippen molar-refractivity contribution in [2.45, 2.75) is 26.2 Å². The number of benzene rings is 2. The largest absolute Gasteiger partial charge is 0.493 e. The van der Waals surface area contributed by atoms with Crippen LogP contribution in [0.25, 0.3) is 0 Å². The van der Waals surface area contributed by atoms with E-state index in [2.05, 4.69) is 15.4 Å². The number of methoxy groups -OCH3 is 1. The summed E-state index contributed by atoms with van der Waals surface area (Å²) in [5.74, 6) is 1.03. The molecule has 30 heavy (non-hydrogen) atoms. The van der Waals surface area contributed by atoms with Gasteiger partial charge in [-0.1, -0.05) is 5.16 Å². The number of oxime groups is 1. The summed E-state index contributed by atoms with van der Waals surface area (Å²) < 4.78 is 10.8. The number of piperidine rings is 1. The normalized spacial score (nSPS) is 13.9. The van der Waals surface area contributed by atoms with Gasteiger partial charge in [0.1, 0.15) is 0 Å². The summed E-state index contributed by atoms with van der Waals surface area (Å²) in [6, 6.07) is 13.4. The summed E-state index contributed by atoms with van der Waals surface area (Å²) in [4.78, 5) is 19.6. The number of nitrogens with one attached hydrogen (secondary N) is 1. The summed E-state index contributed by atoms with van der Waals surface area (Å²) in [7, 11) is 1.58. The lowest BCUT2D eigenvalue weighted by Gasteiger charge is -2.28. The van der Waals surface area contributed by atoms with E-state index < -0.39 is 0 Å². The third kappa shape index (κ3) is 6.14. The van der Waals surface area contributed by atoms with Crippen molar-refractivity contribution in [2.24, 2.45) is 5.16 Å². The van der Waals surface area contributed by atoms with Gasteiger partial charge in [-0.25, -0.2) is 0 Å². The second-order valence-electron chi connectivity index (χ2n) is 6.99. The van der Waals surface area contributed by atoms with Crippen LogP contribution in [-0.4, -0.2) is 45.5 Å². The van der Waals surface area contributed by atoms with Crippen LogP contribution >= 0.6 is 0 Å². The number of hydrogen-bond donors (Lipinski definition) is 1. The second kappa shape index (κ2) is 11.1. The zero-order chi connectivity index (χ0) is 21.2. The van der Waals surface area contributed by atoms with Gasteiger partial charge in [0.2, 0.25) is 0 Å². The first-order valence-electron chi connectivity index (χ1n) is 10.3. The minimum atomic E-state index is -0.262. The van der Waals surface area contributed by atoms with Crippen LogP contribution in [0.2, 0.25) is 0 Å². The predicted octanol–water partition coefficient (Wildman–Crippen LogP) is 4.07. The maximum absolute atomic E-state index is 12.1. The molecular formula is C23H29N3O4. The Morgan fingerprint density at radius 3 is 2.57 bits per heavy atom. The highest BCUT2D eigenvalue weighted by Gasteiger charge is 2.11. The zero-order valence-corrected chi connectivity index (χ0v) is 17.6. The Hall–Kier alpha value is -3.22. The molecule has 1 aliphatic rings. The maximum atomic E-state index is 12.1. The number of rotatable bonds is 9. The van der Waals surface area contributed by atoms with E-state index in [1.165, 1.54) is 31.2 Å². The van der Waals surface area contributed by atoms with Gasteiger partial charge in [0.15, 0.2) is 18.1 Å². The molecule has 7 nitrogen and oxygen atoms in total. The van der Waals surface area contributed by atoms with Crippen molar-refractivity contribution < 1.29 is 19.1 Å². The molecule has 160 valence electrons. The molecular weight excluding hydrogens is 382 g/mol. The van der Waals surface area contributed by atoms with Gasteiger partial charge < -0.3 is 24.5 Å². The third-order valence-corrected chi connectivity index (χ3v) is 4.83. The van der Waals surface area contributed by atoms with E-state index in [0.717, 1.165) is 24.3 Å². The van der Waals surface area contributed by atoms with Crippen molar-refractivity contribution in [3.8, 4) is 11.5 Å². The Bertz CT molecular complexity index is 846. The van der Waals surface area contributed by atoms with Crippen LogP contribution in [0.4, 0.5) is 11.4 Å². The Balaban J connectivity index is 1.45. The molecule has 1 heterocycles. The molecule has 0 radical (unpaired) electrons. The fourth-order valence-electron chi connectivity index (χ4n) is 3.34. The summed E-state index contributed by atoms with van der Waals surface area (Å²) in [5.41, 5.74) is 2.72. The maximum Gasteiger partial charge on any atom is 0.265 e. The van der Waals surface area contributed by atoms with E-state index in [0.29, 0.717) is 18.1 Å². The molecule has 0 saturated carbocycles. The Labute approximate surface area is 177 Å². The van der Waals surface area contributed by atoms with E-state index in [9.17, 15) is 4.79 Å². The number of carbonyl (C=O) groups is 1. The Morgan fingerprint density at radius 1 is 1.10 bits per heavy atom. The smallest absolute Gasteiger partial charge is 0.265 e. The first kappa shape index (κ1) is 21.5. The number of ether oxygens (including phenoxy) is 2. The van der Waals surface area contributed by atoms with Crippen molar-refractivity contribution in [1.29, 1.82) is 0 Å². The molecule has 0 unspecified atom stereocenters. The highest BCUT2D eigenvalue weighted by Crippen LogP contribution is 2.27. The number of carbonyl (C=O) groups excluding carboxylic acids is 1. The van der Waals surface area contributed by atoms with Gasteiger partial charge in [0, 0.05) is 30.0 Å². The van der Waals surface area contributed by atoms with Gasteiger partial charge in [0.05, 0.1) is 19.9 Å². The quantitative estimate of drug-likeness (QED) is 0.497. The molecule has 0 bridgehead atoms. The highest BCUT2D eigenvalue weighted by molar-refractivity contribution is 5.92. The minimum absolute atomic E-state index is 0.168. The molecule has 7 heteroatoms. The average Bonchev–Trinajstić information content (AvgIpc) is 2.79. The van der Waals surface area contributed by atoms with Crippen LogP contribution < -0.4 is 19.7 Å². The summed E-state index contributed by atoms with van der Waals surface area (Å²) in [6.45, 7) is 4.49. The van der Waals surface area contributed by atoms with Crippen LogP contribution in [0.15, 0.2) is 47.6 Å². The monoisotopic (exact) mass is 411 g/mol. The molecule has 0 aromatic heterocycles. The van der Waals surface area contributed by atoms with Crippen LogP contribution in [-0.2, 0) is 9.63 Å². The van der Waals surface area contributed by atoms with Crippen LogP contribution in [0.3, 0.4) is 0 Å². The lowest BCUT2D eigenvalue weighted by atomic mass is 10.1. The van der Waals surface area contributed by atoms with Crippen LogP contribution in [0.1, 0.15) is 31.7 Å². The molecule has 3 rings (SSSR count). The summed E-state index contributed by atoms with van der Waals surface area (Å²) in [5, 5.41) is 6.68. The highest BCUT2D eigenvalue weighted by atomic mass is 16.6. The van der Waals surface area contributed by atoms with Crippen molar-refractivity contribution in [1.82, 2.24) is 0 Å². The second-order valence-corrected chi connectivity index (χ2v) is 6.99. The topological polar surface area (TPSA) is 72.4 Å². The Morgan fingerprint density at radius 2 is 1.87 bits per heavy atom. The van der Waals surface area contributed by atoms with E-state index in [-0.39, 0.29) is 12.5 Å². The molecule has 0 spiro atoms. The molecule has 1 N–H and O–H groups in total.